The number of rotatable bonds is 4. The van der Waals surface area contributed by atoms with E-state index in [-0.39, 0.29) is 0 Å². The molecule has 2 N–H and O–H groups in total. The van der Waals surface area contributed by atoms with E-state index in [0.29, 0.717) is 0 Å². The van der Waals surface area contributed by atoms with Crippen LogP contribution >= 0.6 is 0 Å². The maximum atomic E-state index is 4.57. The number of hydrogen-bond donors (Lipinski definition) is 2. The van der Waals surface area contributed by atoms with E-state index in [4.69, 9.17) is 0 Å². The quantitative estimate of drug-likeness (QED) is 0.822. The van der Waals surface area contributed by atoms with Crippen molar-refractivity contribution < 1.29 is 0 Å². The monoisotopic (exact) mass is 215 g/mol. The minimum atomic E-state index is 0.736. The minimum absolute atomic E-state index is 0.736. The number of nitrogens with one attached hydrogen (secondary N) is 2. The van der Waals surface area contributed by atoms with Gasteiger partial charge in [-0.2, -0.15) is 0 Å². The number of hydrogen-bond acceptors (Lipinski definition) is 2. The first-order valence-corrected chi connectivity index (χ1v) is 6.06. The summed E-state index contributed by atoms with van der Waals surface area (Å²) in [7, 11) is 0. The molecule has 0 radical (unpaired) electrons. The van der Waals surface area contributed by atoms with Gasteiger partial charge in [0.15, 0.2) is 0 Å². The summed E-state index contributed by atoms with van der Waals surface area (Å²) in [5.74, 6) is 1.05. The molecule has 84 valence electrons. The first kappa shape index (κ1) is 9.85. The van der Waals surface area contributed by atoms with Crippen LogP contribution in [-0.4, -0.2) is 16.0 Å². The highest BCUT2D eigenvalue weighted by atomic mass is 15.0. The van der Waals surface area contributed by atoms with Crippen LogP contribution in [0.5, 0.6) is 0 Å². The van der Waals surface area contributed by atoms with E-state index in [2.05, 4.69) is 40.4 Å². The van der Waals surface area contributed by atoms with Crippen LogP contribution in [-0.2, 0) is 13.0 Å². The summed E-state index contributed by atoms with van der Waals surface area (Å²) < 4.78 is 0. The third-order valence-corrected chi connectivity index (χ3v) is 3.14. The Morgan fingerprint density at radius 1 is 1.44 bits per heavy atom. The van der Waals surface area contributed by atoms with E-state index >= 15 is 0 Å². The standard InChI is InChI=1S/C13H17N3/c1-2-9-3-6-11-12(7-9)16-13(15-11)8-14-10-4-5-10/h3,6-7,10,14H,2,4-5,8H2,1H3,(H,15,16). The van der Waals surface area contributed by atoms with Crippen molar-refractivity contribution in [2.75, 3.05) is 0 Å². The minimum Gasteiger partial charge on any atom is -0.341 e. The van der Waals surface area contributed by atoms with Crippen molar-refractivity contribution >= 4 is 11.0 Å². The summed E-state index contributed by atoms with van der Waals surface area (Å²) in [5.41, 5.74) is 3.59. The fourth-order valence-electron chi connectivity index (χ4n) is 1.94. The lowest BCUT2D eigenvalue weighted by Crippen LogP contribution is -2.16. The largest absolute Gasteiger partial charge is 0.341 e. The van der Waals surface area contributed by atoms with Gasteiger partial charge < -0.3 is 10.3 Å². The number of nitrogens with zero attached hydrogens (tertiary/aromatic N) is 1. The fraction of sp³-hybridized carbons (Fsp3) is 0.462. The molecular formula is C13H17N3. The van der Waals surface area contributed by atoms with Gasteiger partial charge in [0, 0.05) is 6.04 Å². The van der Waals surface area contributed by atoms with Gasteiger partial charge in [-0.3, -0.25) is 0 Å². The molecule has 3 heteroatoms. The molecule has 1 aliphatic carbocycles. The number of aromatic amines is 1. The Hall–Kier alpha value is -1.35. The van der Waals surface area contributed by atoms with E-state index in [1.165, 1.54) is 18.4 Å². The Labute approximate surface area is 95.3 Å². The van der Waals surface area contributed by atoms with Crippen LogP contribution in [0, 0.1) is 0 Å². The van der Waals surface area contributed by atoms with Gasteiger partial charge in [0.05, 0.1) is 17.6 Å². The number of H-pyrrole nitrogens is 1. The van der Waals surface area contributed by atoms with Gasteiger partial charge in [0.25, 0.3) is 0 Å². The molecule has 1 heterocycles. The van der Waals surface area contributed by atoms with Crippen molar-refractivity contribution in [2.24, 2.45) is 0 Å². The molecular weight excluding hydrogens is 198 g/mol. The highest BCUT2D eigenvalue weighted by Crippen LogP contribution is 2.19. The van der Waals surface area contributed by atoms with Crippen LogP contribution in [0.3, 0.4) is 0 Å². The molecule has 0 unspecified atom stereocenters. The second-order valence-electron chi connectivity index (χ2n) is 4.54. The van der Waals surface area contributed by atoms with Gasteiger partial charge in [-0.1, -0.05) is 13.0 Å². The van der Waals surface area contributed by atoms with Gasteiger partial charge in [-0.15, -0.1) is 0 Å². The molecule has 1 aromatic heterocycles. The summed E-state index contributed by atoms with van der Waals surface area (Å²) in [6, 6.07) is 7.19. The normalized spacial score (nSPS) is 15.8. The number of aryl methyl sites for hydroxylation is 1. The highest BCUT2D eigenvalue weighted by molar-refractivity contribution is 5.75. The zero-order chi connectivity index (χ0) is 11.0. The molecule has 0 amide bonds. The Morgan fingerprint density at radius 3 is 3.06 bits per heavy atom. The van der Waals surface area contributed by atoms with Gasteiger partial charge in [0.1, 0.15) is 5.82 Å². The molecule has 1 fully saturated rings. The van der Waals surface area contributed by atoms with Crippen LogP contribution in [0.4, 0.5) is 0 Å². The summed E-state index contributed by atoms with van der Waals surface area (Å²) in [6.07, 6.45) is 3.71. The average Bonchev–Trinajstić information content (AvgIpc) is 3.04. The second kappa shape index (κ2) is 3.91. The van der Waals surface area contributed by atoms with Crippen molar-refractivity contribution in [1.82, 2.24) is 15.3 Å². The van der Waals surface area contributed by atoms with Gasteiger partial charge in [-0.05, 0) is 37.0 Å². The molecule has 1 saturated carbocycles. The average molecular weight is 215 g/mol. The van der Waals surface area contributed by atoms with E-state index in [0.717, 1.165) is 35.9 Å². The summed E-state index contributed by atoms with van der Waals surface area (Å²) >= 11 is 0. The molecule has 1 aliphatic rings. The predicted molar refractivity (Wildman–Crippen MR) is 65.3 cm³/mol. The van der Waals surface area contributed by atoms with Crippen molar-refractivity contribution in [2.45, 2.75) is 38.8 Å². The zero-order valence-corrected chi connectivity index (χ0v) is 9.59. The lowest BCUT2D eigenvalue weighted by atomic mass is 10.1. The third-order valence-electron chi connectivity index (χ3n) is 3.14. The number of aromatic nitrogens is 2. The Kier molecular flexibility index (Phi) is 2.40. The Balaban J connectivity index is 1.83. The number of imidazole rings is 1. The first-order chi connectivity index (χ1) is 7.85. The highest BCUT2D eigenvalue weighted by Gasteiger charge is 2.20. The topological polar surface area (TPSA) is 40.7 Å². The number of benzene rings is 1. The molecule has 0 atom stereocenters. The molecule has 1 aromatic carbocycles. The van der Waals surface area contributed by atoms with Crippen LogP contribution in [0.1, 0.15) is 31.2 Å². The van der Waals surface area contributed by atoms with Crippen molar-refractivity contribution in [1.29, 1.82) is 0 Å². The summed E-state index contributed by atoms with van der Waals surface area (Å²) in [6.45, 7) is 3.04. The van der Waals surface area contributed by atoms with E-state index in [1.54, 1.807) is 0 Å². The molecule has 0 bridgehead atoms. The molecule has 16 heavy (non-hydrogen) atoms. The predicted octanol–water partition coefficient (Wildman–Crippen LogP) is 2.38. The van der Waals surface area contributed by atoms with Crippen LogP contribution in [0.2, 0.25) is 0 Å². The van der Waals surface area contributed by atoms with Crippen molar-refractivity contribution in [3.8, 4) is 0 Å². The molecule has 3 nitrogen and oxygen atoms in total. The zero-order valence-electron chi connectivity index (χ0n) is 9.59. The van der Waals surface area contributed by atoms with Gasteiger partial charge in [-0.25, -0.2) is 4.98 Å². The summed E-state index contributed by atoms with van der Waals surface area (Å²) in [4.78, 5) is 7.95. The van der Waals surface area contributed by atoms with Crippen molar-refractivity contribution in [3.63, 3.8) is 0 Å². The SMILES string of the molecule is CCc1ccc2nc(CNC3CC3)[nH]c2c1. The smallest absolute Gasteiger partial charge is 0.121 e. The Morgan fingerprint density at radius 2 is 2.31 bits per heavy atom. The van der Waals surface area contributed by atoms with E-state index < -0.39 is 0 Å². The van der Waals surface area contributed by atoms with E-state index in [9.17, 15) is 0 Å². The Bertz CT molecular complexity index is 497. The van der Waals surface area contributed by atoms with Gasteiger partial charge >= 0.3 is 0 Å². The van der Waals surface area contributed by atoms with Gasteiger partial charge in [0.2, 0.25) is 0 Å². The maximum absolute atomic E-state index is 4.57. The lowest BCUT2D eigenvalue weighted by Gasteiger charge is -1.97. The maximum Gasteiger partial charge on any atom is 0.121 e. The van der Waals surface area contributed by atoms with Crippen LogP contribution in [0.15, 0.2) is 18.2 Å². The van der Waals surface area contributed by atoms with Crippen LogP contribution < -0.4 is 5.32 Å². The van der Waals surface area contributed by atoms with Crippen LogP contribution in [0.25, 0.3) is 11.0 Å². The number of fused-ring (bicyclic) bond motifs is 1. The third kappa shape index (κ3) is 1.95. The molecule has 0 saturated heterocycles. The van der Waals surface area contributed by atoms with E-state index in [1.807, 2.05) is 0 Å². The first-order valence-electron chi connectivity index (χ1n) is 6.06. The molecule has 0 aliphatic heterocycles. The fourth-order valence-corrected chi connectivity index (χ4v) is 1.94. The molecule has 0 spiro atoms. The summed E-state index contributed by atoms with van der Waals surface area (Å²) in [5, 5.41) is 3.47. The van der Waals surface area contributed by atoms with Crippen molar-refractivity contribution in [3.05, 3.63) is 29.6 Å². The second-order valence-corrected chi connectivity index (χ2v) is 4.54. The lowest BCUT2D eigenvalue weighted by molar-refractivity contribution is 0.665. The molecule has 2 aromatic rings. The molecule has 3 rings (SSSR count).